The van der Waals surface area contributed by atoms with E-state index in [9.17, 15) is 14.0 Å². The second-order valence-corrected chi connectivity index (χ2v) is 7.07. The summed E-state index contributed by atoms with van der Waals surface area (Å²) in [4.78, 5) is 26.1. The highest BCUT2D eigenvalue weighted by molar-refractivity contribution is 5.90. The number of anilines is 2. The standard InChI is InChI=1S/C21H25FN4O2/c1-15-3-2-4-19(13-15)24-20(27)23-14-16-9-11-26(12-10-16)21(28)25-18-7-5-17(22)6-8-18/h2-8,13,16H,9-12,14H2,1H3,(H,25,28)(H2,23,24,27). The SMILES string of the molecule is Cc1cccc(NC(=O)NCC2CCN(C(=O)Nc3ccc(F)cc3)CC2)c1. The molecule has 0 aliphatic carbocycles. The number of halogens is 1. The maximum absolute atomic E-state index is 12.9. The van der Waals surface area contributed by atoms with E-state index < -0.39 is 0 Å². The molecule has 3 rings (SSSR count). The number of benzene rings is 2. The zero-order chi connectivity index (χ0) is 19.9. The Labute approximate surface area is 164 Å². The molecule has 0 unspecified atom stereocenters. The third-order valence-electron chi connectivity index (χ3n) is 4.82. The topological polar surface area (TPSA) is 73.5 Å². The highest BCUT2D eigenvalue weighted by Crippen LogP contribution is 2.18. The van der Waals surface area contributed by atoms with Gasteiger partial charge >= 0.3 is 12.1 Å². The number of rotatable bonds is 4. The van der Waals surface area contributed by atoms with Gasteiger partial charge in [-0.1, -0.05) is 12.1 Å². The van der Waals surface area contributed by atoms with Crippen LogP contribution in [-0.2, 0) is 0 Å². The van der Waals surface area contributed by atoms with Crippen LogP contribution in [-0.4, -0.2) is 36.6 Å². The highest BCUT2D eigenvalue weighted by Gasteiger charge is 2.23. The Hall–Kier alpha value is -3.09. The number of hydrogen-bond donors (Lipinski definition) is 3. The van der Waals surface area contributed by atoms with Gasteiger partial charge in [-0.2, -0.15) is 0 Å². The largest absolute Gasteiger partial charge is 0.338 e. The average Bonchev–Trinajstić information content (AvgIpc) is 2.68. The number of nitrogens with zero attached hydrogens (tertiary/aromatic N) is 1. The highest BCUT2D eigenvalue weighted by atomic mass is 19.1. The molecule has 1 heterocycles. The van der Waals surface area contributed by atoms with Crippen molar-refractivity contribution in [3.8, 4) is 0 Å². The van der Waals surface area contributed by atoms with Crippen LogP contribution >= 0.6 is 0 Å². The van der Waals surface area contributed by atoms with Crippen molar-refractivity contribution in [3.63, 3.8) is 0 Å². The van der Waals surface area contributed by atoms with Gasteiger partial charge in [0.05, 0.1) is 0 Å². The summed E-state index contributed by atoms with van der Waals surface area (Å²) in [6.07, 6.45) is 1.64. The summed E-state index contributed by atoms with van der Waals surface area (Å²) in [6, 6.07) is 12.9. The van der Waals surface area contributed by atoms with Gasteiger partial charge in [0.1, 0.15) is 5.82 Å². The molecule has 0 radical (unpaired) electrons. The molecule has 1 aliphatic rings. The molecular formula is C21H25FN4O2. The first-order valence-corrected chi connectivity index (χ1v) is 9.42. The Morgan fingerprint density at radius 1 is 1.04 bits per heavy atom. The molecular weight excluding hydrogens is 359 g/mol. The minimum absolute atomic E-state index is 0.185. The number of nitrogens with one attached hydrogen (secondary N) is 3. The van der Waals surface area contributed by atoms with Crippen LogP contribution in [0.1, 0.15) is 18.4 Å². The Kier molecular flexibility index (Phi) is 6.47. The average molecular weight is 384 g/mol. The normalized spacial score (nSPS) is 14.4. The van der Waals surface area contributed by atoms with Crippen molar-refractivity contribution in [2.24, 2.45) is 5.92 Å². The fourth-order valence-corrected chi connectivity index (χ4v) is 3.21. The second-order valence-electron chi connectivity index (χ2n) is 7.07. The van der Waals surface area contributed by atoms with Crippen LogP contribution in [0.3, 0.4) is 0 Å². The number of urea groups is 2. The number of hydrogen-bond acceptors (Lipinski definition) is 2. The molecule has 2 aromatic rings. The molecule has 7 heteroatoms. The van der Waals surface area contributed by atoms with Crippen molar-refractivity contribution in [1.82, 2.24) is 10.2 Å². The van der Waals surface area contributed by atoms with Crippen LogP contribution in [0.2, 0.25) is 0 Å². The smallest absolute Gasteiger partial charge is 0.321 e. The zero-order valence-corrected chi connectivity index (χ0v) is 15.9. The minimum Gasteiger partial charge on any atom is -0.338 e. The van der Waals surface area contributed by atoms with E-state index in [0.29, 0.717) is 31.2 Å². The van der Waals surface area contributed by atoms with E-state index in [2.05, 4.69) is 16.0 Å². The molecule has 0 saturated carbocycles. The molecule has 4 amide bonds. The number of piperidine rings is 1. The zero-order valence-electron chi connectivity index (χ0n) is 15.9. The van der Waals surface area contributed by atoms with Crippen molar-refractivity contribution in [3.05, 3.63) is 59.9 Å². The predicted molar refractivity (Wildman–Crippen MR) is 108 cm³/mol. The molecule has 0 bridgehead atoms. The van der Waals surface area contributed by atoms with Crippen LogP contribution in [0, 0.1) is 18.7 Å². The molecule has 1 fully saturated rings. The number of carbonyl (C=O) groups excluding carboxylic acids is 2. The van der Waals surface area contributed by atoms with Gasteiger partial charge in [0.25, 0.3) is 0 Å². The Morgan fingerprint density at radius 3 is 2.43 bits per heavy atom. The van der Waals surface area contributed by atoms with Gasteiger partial charge < -0.3 is 20.9 Å². The van der Waals surface area contributed by atoms with Crippen LogP contribution < -0.4 is 16.0 Å². The summed E-state index contributed by atoms with van der Waals surface area (Å²) in [6.45, 7) is 3.80. The molecule has 1 aliphatic heterocycles. The summed E-state index contributed by atoms with van der Waals surface area (Å²) in [5.74, 6) is -0.00382. The maximum Gasteiger partial charge on any atom is 0.321 e. The monoisotopic (exact) mass is 384 g/mol. The molecule has 0 spiro atoms. The van der Waals surface area contributed by atoms with Gasteiger partial charge in [-0.25, -0.2) is 14.0 Å². The van der Waals surface area contributed by atoms with Crippen molar-refractivity contribution in [2.45, 2.75) is 19.8 Å². The van der Waals surface area contributed by atoms with E-state index in [1.54, 1.807) is 4.90 Å². The summed E-state index contributed by atoms with van der Waals surface area (Å²) in [5, 5.41) is 8.51. The lowest BCUT2D eigenvalue weighted by atomic mass is 9.97. The first-order valence-electron chi connectivity index (χ1n) is 9.42. The predicted octanol–water partition coefficient (Wildman–Crippen LogP) is 4.20. The summed E-state index contributed by atoms with van der Waals surface area (Å²) in [7, 11) is 0. The van der Waals surface area contributed by atoms with Crippen molar-refractivity contribution < 1.29 is 14.0 Å². The number of carbonyl (C=O) groups is 2. The van der Waals surface area contributed by atoms with Crippen LogP contribution in [0.15, 0.2) is 48.5 Å². The lowest BCUT2D eigenvalue weighted by Crippen LogP contribution is -2.43. The van der Waals surface area contributed by atoms with Crippen molar-refractivity contribution in [1.29, 1.82) is 0 Å². The van der Waals surface area contributed by atoms with Gasteiger partial charge in [0.2, 0.25) is 0 Å². The van der Waals surface area contributed by atoms with Gasteiger partial charge in [0.15, 0.2) is 0 Å². The van der Waals surface area contributed by atoms with Gasteiger partial charge in [0, 0.05) is 31.0 Å². The third kappa shape index (κ3) is 5.70. The van der Waals surface area contributed by atoms with E-state index in [1.165, 1.54) is 24.3 Å². The first kappa shape index (κ1) is 19.7. The molecule has 3 N–H and O–H groups in total. The summed E-state index contributed by atoms with van der Waals surface area (Å²) in [5.41, 5.74) is 2.43. The van der Waals surface area contributed by atoms with Gasteiger partial charge in [-0.05, 0) is 67.6 Å². The Balaban J connectivity index is 1.38. The van der Waals surface area contributed by atoms with E-state index in [4.69, 9.17) is 0 Å². The molecule has 6 nitrogen and oxygen atoms in total. The van der Waals surface area contributed by atoms with E-state index in [-0.39, 0.29) is 17.9 Å². The third-order valence-corrected chi connectivity index (χ3v) is 4.82. The fourth-order valence-electron chi connectivity index (χ4n) is 3.21. The lowest BCUT2D eigenvalue weighted by molar-refractivity contribution is 0.181. The van der Waals surface area contributed by atoms with Crippen LogP contribution in [0.4, 0.5) is 25.4 Å². The Morgan fingerprint density at radius 2 is 1.75 bits per heavy atom. The lowest BCUT2D eigenvalue weighted by Gasteiger charge is -2.32. The molecule has 1 saturated heterocycles. The molecule has 148 valence electrons. The summed E-state index contributed by atoms with van der Waals surface area (Å²) >= 11 is 0. The van der Waals surface area contributed by atoms with Crippen LogP contribution in [0.5, 0.6) is 0 Å². The van der Waals surface area contributed by atoms with Gasteiger partial charge in [-0.3, -0.25) is 0 Å². The van der Waals surface area contributed by atoms with Gasteiger partial charge in [-0.15, -0.1) is 0 Å². The van der Waals surface area contributed by atoms with E-state index in [0.717, 1.165) is 24.1 Å². The number of likely N-dealkylation sites (tertiary alicyclic amines) is 1. The maximum atomic E-state index is 12.9. The molecule has 2 aromatic carbocycles. The first-order chi connectivity index (χ1) is 13.5. The summed E-state index contributed by atoms with van der Waals surface area (Å²) < 4.78 is 12.9. The van der Waals surface area contributed by atoms with E-state index >= 15 is 0 Å². The molecule has 28 heavy (non-hydrogen) atoms. The number of amides is 4. The fraction of sp³-hybridized carbons (Fsp3) is 0.333. The van der Waals surface area contributed by atoms with Crippen LogP contribution in [0.25, 0.3) is 0 Å². The van der Waals surface area contributed by atoms with E-state index in [1.807, 2.05) is 31.2 Å². The molecule has 0 aromatic heterocycles. The quantitative estimate of drug-likeness (QED) is 0.739. The van der Waals surface area contributed by atoms with Crippen molar-refractivity contribution >= 4 is 23.4 Å². The minimum atomic E-state index is -0.335. The number of aryl methyl sites for hydroxylation is 1. The Bertz CT molecular complexity index is 817. The second kappa shape index (κ2) is 9.21. The van der Waals surface area contributed by atoms with Crippen molar-refractivity contribution in [2.75, 3.05) is 30.3 Å². The molecule has 0 atom stereocenters.